The number of halogens is 1. The maximum absolute atomic E-state index is 13.8. The topological polar surface area (TPSA) is 57.9 Å². The summed E-state index contributed by atoms with van der Waals surface area (Å²) in [5.41, 5.74) is 1.73. The minimum absolute atomic E-state index is 0.258. The van der Waals surface area contributed by atoms with Crippen LogP contribution in [0.2, 0.25) is 0 Å². The fraction of sp³-hybridized carbons (Fsp3) is 0.571. The number of hydrogen-bond donors (Lipinski definition) is 0. The Bertz CT molecular complexity index is 1190. The predicted molar refractivity (Wildman–Crippen MR) is 138 cm³/mol. The van der Waals surface area contributed by atoms with Gasteiger partial charge in [0, 0.05) is 62.8 Å². The molecule has 1 aromatic carbocycles. The van der Waals surface area contributed by atoms with Gasteiger partial charge in [0.05, 0.1) is 17.7 Å². The summed E-state index contributed by atoms with van der Waals surface area (Å²) >= 11 is 0. The molecule has 3 aliphatic heterocycles. The third-order valence-electron chi connectivity index (χ3n) is 8.45. The Labute approximate surface area is 212 Å². The number of benzene rings is 1. The van der Waals surface area contributed by atoms with Crippen molar-refractivity contribution in [3.8, 4) is 5.88 Å². The molecular weight excluding hydrogens is 457 g/mol. The molecule has 3 aliphatic rings. The molecule has 8 heteroatoms. The van der Waals surface area contributed by atoms with Crippen molar-refractivity contribution in [1.29, 1.82) is 0 Å². The van der Waals surface area contributed by atoms with E-state index in [9.17, 15) is 4.39 Å². The van der Waals surface area contributed by atoms with Gasteiger partial charge in [0.2, 0.25) is 5.88 Å². The van der Waals surface area contributed by atoms with Gasteiger partial charge in [-0.1, -0.05) is 11.2 Å². The van der Waals surface area contributed by atoms with E-state index in [4.69, 9.17) is 14.2 Å². The monoisotopic (exact) mass is 493 g/mol. The molecule has 0 bridgehead atoms. The Hall–Kier alpha value is -2.71. The van der Waals surface area contributed by atoms with Crippen molar-refractivity contribution in [2.75, 3.05) is 37.7 Å². The molecule has 3 fully saturated rings. The number of pyridine rings is 1. The summed E-state index contributed by atoms with van der Waals surface area (Å²) in [5, 5.41) is 5.02. The quantitative estimate of drug-likeness (QED) is 0.493. The molecule has 6 rings (SSSR count). The van der Waals surface area contributed by atoms with Gasteiger partial charge in [-0.05, 0) is 63.8 Å². The highest BCUT2D eigenvalue weighted by Crippen LogP contribution is 2.32. The third-order valence-corrected chi connectivity index (χ3v) is 8.45. The highest BCUT2D eigenvalue weighted by Gasteiger charge is 2.34. The highest BCUT2D eigenvalue weighted by molar-refractivity contribution is 5.88. The van der Waals surface area contributed by atoms with E-state index < -0.39 is 0 Å². The van der Waals surface area contributed by atoms with Crippen molar-refractivity contribution >= 4 is 16.8 Å². The van der Waals surface area contributed by atoms with Crippen molar-refractivity contribution in [2.45, 2.75) is 64.2 Å². The number of aromatic nitrogens is 2. The zero-order valence-corrected chi connectivity index (χ0v) is 21.3. The largest absolute Gasteiger partial charge is 0.477 e. The van der Waals surface area contributed by atoms with Crippen molar-refractivity contribution in [3.05, 3.63) is 47.9 Å². The minimum atomic E-state index is -0.258. The molecule has 0 radical (unpaired) electrons. The smallest absolute Gasteiger partial charge is 0.213 e. The van der Waals surface area contributed by atoms with Crippen LogP contribution in [0, 0.1) is 11.7 Å². The number of anilines is 1. The molecule has 0 aliphatic carbocycles. The second kappa shape index (κ2) is 9.98. The summed E-state index contributed by atoms with van der Waals surface area (Å²) in [6, 6.07) is 12.5. The molecule has 0 saturated carbocycles. The summed E-state index contributed by atoms with van der Waals surface area (Å²) in [5.74, 6) is 1.74. The molecule has 3 aromatic rings. The zero-order valence-electron chi connectivity index (χ0n) is 21.3. The lowest BCUT2D eigenvalue weighted by Crippen LogP contribution is -2.57. The molecule has 4 unspecified atom stereocenters. The van der Waals surface area contributed by atoms with Gasteiger partial charge < -0.3 is 14.2 Å². The predicted octanol–water partition coefficient (Wildman–Crippen LogP) is 4.71. The highest BCUT2D eigenvalue weighted by atomic mass is 19.1. The second-order valence-corrected chi connectivity index (χ2v) is 10.9. The molecule has 0 amide bonds. The van der Waals surface area contributed by atoms with Gasteiger partial charge in [0.25, 0.3) is 0 Å². The van der Waals surface area contributed by atoms with Gasteiger partial charge in [0.1, 0.15) is 5.82 Å². The van der Waals surface area contributed by atoms with Gasteiger partial charge in [-0.25, -0.2) is 9.37 Å². The van der Waals surface area contributed by atoms with Crippen LogP contribution in [-0.2, 0) is 6.54 Å². The van der Waals surface area contributed by atoms with Crippen LogP contribution in [0.25, 0.3) is 11.0 Å². The summed E-state index contributed by atoms with van der Waals surface area (Å²) in [6.07, 6.45) is 4.78. The first-order chi connectivity index (χ1) is 17.5. The Morgan fingerprint density at radius 1 is 1.03 bits per heavy atom. The van der Waals surface area contributed by atoms with E-state index in [0.717, 1.165) is 68.3 Å². The molecule has 3 saturated heterocycles. The van der Waals surface area contributed by atoms with E-state index in [1.807, 2.05) is 6.07 Å². The average Bonchev–Trinajstić information content (AvgIpc) is 3.45. The molecule has 0 spiro atoms. The fourth-order valence-electron chi connectivity index (χ4n) is 6.29. The summed E-state index contributed by atoms with van der Waals surface area (Å²) in [7, 11) is 0. The van der Waals surface area contributed by atoms with Crippen LogP contribution in [-0.4, -0.2) is 70.9 Å². The summed E-state index contributed by atoms with van der Waals surface area (Å²) in [4.78, 5) is 12.2. The van der Waals surface area contributed by atoms with Crippen LogP contribution in [0.3, 0.4) is 0 Å². The van der Waals surface area contributed by atoms with E-state index in [2.05, 4.69) is 45.8 Å². The average molecular weight is 494 g/mol. The zero-order chi connectivity index (χ0) is 24.6. The first-order valence-electron chi connectivity index (χ1n) is 13.4. The van der Waals surface area contributed by atoms with E-state index >= 15 is 0 Å². The van der Waals surface area contributed by atoms with Gasteiger partial charge in [-0.15, -0.1) is 0 Å². The fourth-order valence-corrected chi connectivity index (χ4v) is 6.29. The maximum Gasteiger partial charge on any atom is 0.213 e. The van der Waals surface area contributed by atoms with E-state index in [1.54, 1.807) is 6.07 Å². The normalized spacial score (nSPS) is 27.5. The van der Waals surface area contributed by atoms with Gasteiger partial charge in [0.15, 0.2) is 11.4 Å². The third kappa shape index (κ3) is 4.81. The van der Waals surface area contributed by atoms with E-state index in [1.165, 1.54) is 25.0 Å². The van der Waals surface area contributed by atoms with Crippen LogP contribution in [0.4, 0.5) is 10.2 Å². The maximum atomic E-state index is 13.8. The summed E-state index contributed by atoms with van der Waals surface area (Å²) in [6.45, 7) is 9.97. The first kappa shape index (κ1) is 23.7. The van der Waals surface area contributed by atoms with Crippen LogP contribution in [0.15, 0.2) is 40.9 Å². The van der Waals surface area contributed by atoms with Crippen LogP contribution in [0.5, 0.6) is 5.88 Å². The van der Waals surface area contributed by atoms with E-state index in [0.29, 0.717) is 36.2 Å². The number of fused-ring (bicyclic) bond motifs is 2. The number of rotatable bonds is 6. The SMILES string of the molecule is CC1CCC(C)N1Cc1cccc(OCC2CCC3CN(c4noc5ccc(F)cc45)CCN3C2)n1. The standard InChI is InChI=1S/C28H36FN5O2/c1-19-6-7-20(2)34(19)16-23-4-3-5-27(30-23)35-18-21-8-10-24-17-33(13-12-32(24)15-21)28-25-14-22(29)9-11-26(25)36-31-28/h3-5,9,11,14,19-21,24H,6-8,10,12-13,15-18H2,1-2H3. The molecule has 2 aromatic heterocycles. The van der Waals surface area contributed by atoms with Gasteiger partial charge >= 0.3 is 0 Å². The number of piperazine rings is 1. The van der Waals surface area contributed by atoms with Crippen molar-refractivity contribution in [1.82, 2.24) is 19.9 Å². The van der Waals surface area contributed by atoms with Crippen molar-refractivity contribution < 1.29 is 13.7 Å². The molecular formula is C28H36FN5O2. The minimum Gasteiger partial charge on any atom is -0.477 e. The lowest BCUT2D eigenvalue weighted by molar-refractivity contribution is 0.0715. The lowest BCUT2D eigenvalue weighted by atomic mass is 9.91. The molecule has 192 valence electrons. The number of piperidine rings is 1. The molecule has 4 atom stereocenters. The van der Waals surface area contributed by atoms with Crippen molar-refractivity contribution in [3.63, 3.8) is 0 Å². The molecule has 0 N–H and O–H groups in total. The van der Waals surface area contributed by atoms with E-state index in [-0.39, 0.29) is 5.82 Å². The van der Waals surface area contributed by atoms with Crippen LogP contribution in [0.1, 0.15) is 45.2 Å². The van der Waals surface area contributed by atoms with Crippen LogP contribution >= 0.6 is 0 Å². The number of ether oxygens (including phenoxy) is 1. The second-order valence-electron chi connectivity index (χ2n) is 10.9. The Kier molecular flexibility index (Phi) is 6.56. The molecule has 7 nitrogen and oxygen atoms in total. The number of likely N-dealkylation sites (tertiary alicyclic amines) is 1. The Morgan fingerprint density at radius 3 is 2.75 bits per heavy atom. The van der Waals surface area contributed by atoms with Crippen LogP contribution < -0.4 is 9.64 Å². The number of hydrogen-bond acceptors (Lipinski definition) is 7. The molecule has 36 heavy (non-hydrogen) atoms. The Morgan fingerprint density at radius 2 is 1.89 bits per heavy atom. The lowest BCUT2D eigenvalue weighted by Gasteiger charge is -2.46. The molecule has 5 heterocycles. The van der Waals surface area contributed by atoms with Crippen molar-refractivity contribution in [2.24, 2.45) is 5.92 Å². The van der Waals surface area contributed by atoms with Gasteiger partial charge in [-0.3, -0.25) is 9.80 Å². The summed E-state index contributed by atoms with van der Waals surface area (Å²) < 4.78 is 25.4. The first-order valence-corrected chi connectivity index (χ1v) is 13.4. The Balaban J connectivity index is 1.02. The number of nitrogens with zero attached hydrogens (tertiary/aromatic N) is 5. The van der Waals surface area contributed by atoms with Gasteiger partial charge in [-0.2, -0.15) is 0 Å².